The maximum absolute atomic E-state index is 11.4. The third kappa shape index (κ3) is 2.74. The molecule has 104 valence electrons. The number of hydrogen-bond donors (Lipinski definition) is 1. The molecule has 2 aromatic heterocycles. The summed E-state index contributed by atoms with van der Waals surface area (Å²) in [5, 5.41) is 18.5. The highest BCUT2D eigenvalue weighted by Gasteiger charge is 2.18. The predicted octanol–water partition coefficient (Wildman–Crippen LogP) is 3.64. The van der Waals surface area contributed by atoms with E-state index in [9.17, 15) is 9.90 Å². The Morgan fingerprint density at radius 1 is 1.14 bits per heavy atom. The van der Waals surface area contributed by atoms with Crippen LogP contribution in [-0.4, -0.2) is 26.3 Å². The largest absolute Gasteiger partial charge is 0.476 e. The fourth-order valence-electron chi connectivity index (χ4n) is 1.82. The lowest BCUT2D eigenvalue weighted by molar-refractivity contribution is 0.0685. The summed E-state index contributed by atoms with van der Waals surface area (Å²) in [6.45, 7) is 0. The van der Waals surface area contributed by atoms with Gasteiger partial charge in [0.1, 0.15) is 5.03 Å². The van der Waals surface area contributed by atoms with Crippen LogP contribution in [0.1, 0.15) is 10.5 Å². The molecule has 1 aromatic carbocycles. The van der Waals surface area contributed by atoms with Crippen LogP contribution in [0, 0.1) is 0 Å². The number of fused-ring (bicyclic) bond motifs is 1. The molecular formula is C14H8BrN3O2S. The van der Waals surface area contributed by atoms with E-state index >= 15 is 0 Å². The smallest absolute Gasteiger partial charge is 0.357 e. The molecule has 2 heterocycles. The van der Waals surface area contributed by atoms with E-state index < -0.39 is 5.97 Å². The summed E-state index contributed by atoms with van der Waals surface area (Å²) in [6, 6.07) is 11.0. The topological polar surface area (TPSA) is 76.0 Å². The van der Waals surface area contributed by atoms with E-state index in [4.69, 9.17) is 0 Å². The van der Waals surface area contributed by atoms with Crippen molar-refractivity contribution in [2.45, 2.75) is 9.92 Å². The molecule has 1 N–H and O–H groups in total. The first-order chi connectivity index (χ1) is 10.2. The van der Waals surface area contributed by atoms with Gasteiger partial charge < -0.3 is 5.11 Å². The van der Waals surface area contributed by atoms with Crippen molar-refractivity contribution >= 4 is 44.6 Å². The second kappa shape index (κ2) is 5.79. The van der Waals surface area contributed by atoms with Gasteiger partial charge >= 0.3 is 5.97 Å². The summed E-state index contributed by atoms with van der Waals surface area (Å²) in [7, 11) is 0. The first-order valence-electron chi connectivity index (χ1n) is 5.94. The molecule has 0 unspecified atom stereocenters. The summed E-state index contributed by atoms with van der Waals surface area (Å²) in [4.78, 5) is 16.2. The van der Waals surface area contributed by atoms with Crippen molar-refractivity contribution in [1.29, 1.82) is 0 Å². The molecule has 0 aliphatic rings. The number of aromatic carboxylic acids is 1. The van der Waals surface area contributed by atoms with E-state index in [1.165, 1.54) is 11.8 Å². The van der Waals surface area contributed by atoms with Crippen molar-refractivity contribution in [2.75, 3.05) is 0 Å². The molecule has 0 saturated carbocycles. The van der Waals surface area contributed by atoms with Gasteiger partial charge in [0.15, 0.2) is 5.69 Å². The van der Waals surface area contributed by atoms with Gasteiger partial charge in [-0.15, -0.1) is 10.2 Å². The highest BCUT2D eigenvalue weighted by Crippen LogP contribution is 2.36. The van der Waals surface area contributed by atoms with Crippen LogP contribution in [0.25, 0.3) is 10.9 Å². The molecule has 3 aromatic rings. The zero-order valence-corrected chi connectivity index (χ0v) is 12.9. The molecule has 0 spiro atoms. The Bertz CT molecular complexity index is 841. The molecule has 0 fully saturated rings. The molecule has 0 amide bonds. The van der Waals surface area contributed by atoms with Crippen molar-refractivity contribution in [3.8, 4) is 0 Å². The van der Waals surface area contributed by atoms with Crippen LogP contribution in [0.5, 0.6) is 0 Å². The number of pyridine rings is 1. The van der Waals surface area contributed by atoms with E-state index in [-0.39, 0.29) is 5.69 Å². The maximum atomic E-state index is 11.4. The SMILES string of the molecule is O=C(O)c1nnc2ccccc2c1Sc1ncccc1Br. The lowest BCUT2D eigenvalue weighted by atomic mass is 10.2. The van der Waals surface area contributed by atoms with E-state index in [0.717, 1.165) is 9.86 Å². The molecule has 0 atom stereocenters. The van der Waals surface area contributed by atoms with Gasteiger partial charge in [0, 0.05) is 11.6 Å². The number of carboxylic acid groups (broad SMARTS) is 1. The Morgan fingerprint density at radius 3 is 2.71 bits per heavy atom. The number of halogens is 1. The van der Waals surface area contributed by atoms with E-state index in [1.54, 1.807) is 18.3 Å². The fraction of sp³-hybridized carbons (Fsp3) is 0. The van der Waals surface area contributed by atoms with Crippen LogP contribution in [0.15, 0.2) is 57.0 Å². The highest BCUT2D eigenvalue weighted by molar-refractivity contribution is 9.10. The van der Waals surface area contributed by atoms with E-state index in [2.05, 4.69) is 31.1 Å². The molecule has 0 bridgehead atoms. The standard InChI is InChI=1S/C14H8BrN3O2S/c15-9-5-3-7-16-13(9)21-12-8-4-1-2-6-10(8)17-18-11(12)14(19)20/h1-7H,(H,19,20). The van der Waals surface area contributed by atoms with Crippen molar-refractivity contribution in [1.82, 2.24) is 15.2 Å². The Balaban J connectivity index is 2.21. The van der Waals surface area contributed by atoms with Crippen LogP contribution in [0.2, 0.25) is 0 Å². The predicted molar refractivity (Wildman–Crippen MR) is 82.6 cm³/mol. The second-order valence-electron chi connectivity index (χ2n) is 4.09. The lowest BCUT2D eigenvalue weighted by Gasteiger charge is -2.08. The van der Waals surface area contributed by atoms with E-state index in [1.807, 2.05) is 24.3 Å². The molecule has 21 heavy (non-hydrogen) atoms. The van der Waals surface area contributed by atoms with Crippen molar-refractivity contribution < 1.29 is 9.90 Å². The summed E-state index contributed by atoms with van der Waals surface area (Å²) in [5.41, 5.74) is 0.577. The molecule has 3 rings (SSSR count). The van der Waals surface area contributed by atoms with Gasteiger partial charge in [-0.05, 0) is 34.1 Å². The van der Waals surface area contributed by atoms with Gasteiger partial charge in [0.05, 0.1) is 14.9 Å². The number of aromatic nitrogens is 3. The highest BCUT2D eigenvalue weighted by atomic mass is 79.9. The summed E-state index contributed by atoms with van der Waals surface area (Å²) < 4.78 is 0.798. The zero-order chi connectivity index (χ0) is 14.8. The molecule has 7 heteroatoms. The second-order valence-corrected chi connectivity index (χ2v) is 5.95. The van der Waals surface area contributed by atoms with Crippen LogP contribution in [-0.2, 0) is 0 Å². The molecule has 0 saturated heterocycles. The molecule has 0 radical (unpaired) electrons. The lowest BCUT2D eigenvalue weighted by Crippen LogP contribution is -2.05. The first kappa shape index (κ1) is 14.0. The molecular weight excluding hydrogens is 354 g/mol. The van der Waals surface area contributed by atoms with Gasteiger partial charge in [-0.2, -0.15) is 0 Å². The van der Waals surface area contributed by atoms with Gasteiger partial charge in [-0.3, -0.25) is 0 Å². The zero-order valence-electron chi connectivity index (χ0n) is 10.5. The summed E-state index contributed by atoms with van der Waals surface area (Å²) in [5.74, 6) is -1.11. The quantitative estimate of drug-likeness (QED) is 0.767. The number of carboxylic acids is 1. The summed E-state index contributed by atoms with van der Waals surface area (Å²) >= 11 is 4.67. The third-order valence-electron chi connectivity index (χ3n) is 2.75. The van der Waals surface area contributed by atoms with Crippen LogP contribution < -0.4 is 0 Å². The Kier molecular flexibility index (Phi) is 3.85. The van der Waals surface area contributed by atoms with Crippen molar-refractivity contribution in [3.63, 3.8) is 0 Å². The molecule has 5 nitrogen and oxygen atoms in total. The third-order valence-corrected chi connectivity index (χ3v) is 4.79. The van der Waals surface area contributed by atoms with Crippen LogP contribution >= 0.6 is 27.7 Å². The average Bonchev–Trinajstić information content (AvgIpc) is 2.49. The van der Waals surface area contributed by atoms with Crippen LogP contribution in [0.3, 0.4) is 0 Å². The number of rotatable bonds is 3. The normalized spacial score (nSPS) is 10.7. The van der Waals surface area contributed by atoms with Gasteiger partial charge in [-0.25, -0.2) is 9.78 Å². The number of nitrogens with zero attached hydrogens (tertiary/aromatic N) is 3. The minimum atomic E-state index is -1.11. The van der Waals surface area contributed by atoms with Gasteiger partial charge in [-0.1, -0.05) is 30.0 Å². The Labute approximate surface area is 132 Å². The Hall–Kier alpha value is -1.99. The van der Waals surface area contributed by atoms with Gasteiger partial charge in [0.2, 0.25) is 0 Å². The van der Waals surface area contributed by atoms with Crippen molar-refractivity contribution in [2.24, 2.45) is 0 Å². The minimum Gasteiger partial charge on any atom is -0.476 e. The number of benzene rings is 1. The summed E-state index contributed by atoms with van der Waals surface area (Å²) in [6.07, 6.45) is 1.66. The maximum Gasteiger partial charge on any atom is 0.357 e. The first-order valence-corrected chi connectivity index (χ1v) is 7.55. The monoisotopic (exact) mass is 361 g/mol. The molecule has 0 aliphatic carbocycles. The minimum absolute atomic E-state index is 0.0729. The number of carbonyl (C=O) groups is 1. The molecule has 0 aliphatic heterocycles. The van der Waals surface area contributed by atoms with Crippen molar-refractivity contribution in [3.05, 3.63) is 52.8 Å². The Morgan fingerprint density at radius 2 is 1.95 bits per heavy atom. The fourth-order valence-corrected chi connectivity index (χ4v) is 3.29. The van der Waals surface area contributed by atoms with E-state index in [0.29, 0.717) is 15.4 Å². The average molecular weight is 362 g/mol. The number of hydrogen-bond acceptors (Lipinski definition) is 5. The van der Waals surface area contributed by atoms with Gasteiger partial charge in [0.25, 0.3) is 0 Å². The van der Waals surface area contributed by atoms with Crippen LogP contribution in [0.4, 0.5) is 0 Å².